The molecule has 0 bridgehead atoms. The number of benzene rings is 1. The first-order valence-electron chi connectivity index (χ1n) is 14.0. The van der Waals surface area contributed by atoms with E-state index in [0.29, 0.717) is 31.4 Å². The van der Waals surface area contributed by atoms with Crippen LogP contribution in [0, 0.1) is 0 Å². The predicted molar refractivity (Wildman–Crippen MR) is 160 cm³/mol. The quantitative estimate of drug-likeness (QED) is 0.210. The topological polar surface area (TPSA) is 106 Å². The largest absolute Gasteiger partial charge is 0.439 e. The molecule has 0 spiro atoms. The van der Waals surface area contributed by atoms with Gasteiger partial charge in [-0.25, -0.2) is 9.67 Å². The van der Waals surface area contributed by atoms with Crippen LogP contribution in [0.4, 0.5) is 0 Å². The van der Waals surface area contributed by atoms with Crippen molar-refractivity contribution in [2.24, 2.45) is 0 Å². The second-order valence-electron chi connectivity index (χ2n) is 11.5. The van der Waals surface area contributed by atoms with Gasteiger partial charge in [-0.15, -0.1) is 0 Å². The number of aliphatic hydroxyl groups is 1. The van der Waals surface area contributed by atoms with E-state index in [0.717, 1.165) is 60.1 Å². The summed E-state index contributed by atoms with van der Waals surface area (Å²) in [6, 6.07) is 16.8. The Labute approximate surface area is 241 Å². The molecule has 0 saturated carbocycles. The van der Waals surface area contributed by atoms with Gasteiger partial charge in [0, 0.05) is 76.8 Å². The molecule has 1 saturated heterocycles. The number of carbonyl (C=O) groups is 1. The molecule has 216 valence electrons. The molecule has 1 N–H and O–H groups in total. The molecule has 1 amide bonds. The van der Waals surface area contributed by atoms with Gasteiger partial charge in [0.05, 0.1) is 16.9 Å². The van der Waals surface area contributed by atoms with Crippen molar-refractivity contribution in [2.45, 2.75) is 39.0 Å². The van der Waals surface area contributed by atoms with Gasteiger partial charge in [0.15, 0.2) is 0 Å². The first kappa shape index (κ1) is 28.9. The number of ether oxygens (including phenoxy) is 2. The maximum absolute atomic E-state index is 11.7. The SMILES string of the molecule is C[Si](C)(C)CCOCn1nccc1-c1ccc(Oc2ccc3nc(CN4CCN(C(=O)CO)CC4)ccc3c2)nc1. The van der Waals surface area contributed by atoms with E-state index in [1.807, 2.05) is 47.1 Å². The molecule has 1 fully saturated rings. The Hall–Kier alpha value is -3.64. The number of hydrogen-bond acceptors (Lipinski definition) is 8. The van der Waals surface area contributed by atoms with E-state index in [1.54, 1.807) is 17.3 Å². The van der Waals surface area contributed by atoms with Crippen molar-refractivity contribution in [2.75, 3.05) is 39.4 Å². The molecule has 1 aliphatic rings. The summed E-state index contributed by atoms with van der Waals surface area (Å²) < 4.78 is 13.8. The Morgan fingerprint density at radius 3 is 2.59 bits per heavy atom. The van der Waals surface area contributed by atoms with E-state index in [9.17, 15) is 4.79 Å². The predicted octanol–water partition coefficient (Wildman–Crippen LogP) is 4.23. The standard InChI is InChI=1S/C30H38N6O4Si/c1-41(2,3)17-16-39-22-36-28(10-11-32-36)24-5-9-29(31-19-24)40-26-7-8-27-23(18-26)4-6-25(33-27)20-34-12-14-35(15-13-34)30(38)21-37/h4-11,18-19,37H,12-17,20-22H2,1-3H3. The van der Waals surface area contributed by atoms with E-state index in [2.05, 4.69) is 40.7 Å². The lowest BCUT2D eigenvalue weighted by Crippen LogP contribution is -2.49. The van der Waals surface area contributed by atoms with Gasteiger partial charge in [-0.2, -0.15) is 5.10 Å². The molecule has 4 heterocycles. The summed E-state index contributed by atoms with van der Waals surface area (Å²) in [6.07, 6.45) is 3.57. The average Bonchev–Trinajstić information content (AvgIpc) is 3.44. The number of rotatable bonds is 11. The minimum absolute atomic E-state index is 0.210. The summed E-state index contributed by atoms with van der Waals surface area (Å²) in [7, 11) is -1.13. The molecule has 3 aromatic heterocycles. The highest BCUT2D eigenvalue weighted by Crippen LogP contribution is 2.26. The number of aromatic nitrogens is 4. The first-order valence-corrected chi connectivity index (χ1v) is 17.7. The molecule has 41 heavy (non-hydrogen) atoms. The Kier molecular flexibility index (Phi) is 9.08. The number of fused-ring (bicyclic) bond motifs is 1. The molecule has 10 nitrogen and oxygen atoms in total. The number of carbonyl (C=O) groups excluding carboxylic acids is 1. The van der Waals surface area contributed by atoms with Gasteiger partial charge in [0.1, 0.15) is 19.1 Å². The summed E-state index contributed by atoms with van der Waals surface area (Å²) in [5.74, 6) is 0.991. The molecule has 1 aromatic carbocycles. The van der Waals surface area contributed by atoms with E-state index in [1.165, 1.54) is 0 Å². The second-order valence-corrected chi connectivity index (χ2v) is 17.1. The minimum Gasteiger partial charge on any atom is -0.439 e. The van der Waals surface area contributed by atoms with Gasteiger partial charge in [0.2, 0.25) is 11.8 Å². The average molecular weight is 575 g/mol. The highest BCUT2D eigenvalue weighted by molar-refractivity contribution is 6.76. The molecular formula is C30H38N6O4Si. The number of hydrogen-bond donors (Lipinski definition) is 1. The minimum atomic E-state index is -1.13. The van der Waals surface area contributed by atoms with Crippen molar-refractivity contribution in [3.63, 3.8) is 0 Å². The van der Waals surface area contributed by atoms with E-state index < -0.39 is 14.7 Å². The van der Waals surface area contributed by atoms with Crippen molar-refractivity contribution < 1.29 is 19.4 Å². The molecule has 0 radical (unpaired) electrons. The van der Waals surface area contributed by atoms with Gasteiger partial charge >= 0.3 is 0 Å². The summed E-state index contributed by atoms with van der Waals surface area (Å²) in [5.41, 5.74) is 3.77. The van der Waals surface area contributed by atoms with Crippen molar-refractivity contribution in [3.8, 4) is 22.9 Å². The number of pyridine rings is 2. The highest BCUT2D eigenvalue weighted by Gasteiger charge is 2.20. The van der Waals surface area contributed by atoms with Crippen LogP contribution in [0.3, 0.4) is 0 Å². The fourth-order valence-corrected chi connectivity index (χ4v) is 5.46. The Balaban J connectivity index is 1.17. The number of nitrogens with zero attached hydrogens (tertiary/aromatic N) is 6. The third-order valence-corrected chi connectivity index (χ3v) is 8.85. The van der Waals surface area contributed by atoms with E-state index in [4.69, 9.17) is 19.6 Å². The molecule has 5 rings (SSSR count). The van der Waals surface area contributed by atoms with Crippen LogP contribution in [0.1, 0.15) is 5.69 Å². The van der Waals surface area contributed by atoms with Gasteiger partial charge in [-0.1, -0.05) is 25.7 Å². The number of amides is 1. The van der Waals surface area contributed by atoms with Crippen LogP contribution >= 0.6 is 0 Å². The van der Waals surface area contributed by atoms with Gasteiger partial charge in [0.25, 0.3) is 0 Å². The maximum atomic E-state index is 11.7. The Bertz CT molecular complexity index is 1460. The van der Waals surface area contributed by atoms with E-state index >= 15 is 0 Å². The molecule has 11 heteroatoms. The molecular weight excluding hydrogens is 536 g/mol. The Morgan fingerprint density at radius 2 is 1.85 bits per heavy atom. The van der Waals surface area contributed by atoms with Gasteiger partial charge in [-0.3, -0.25) is 14.7 Å². The van der Waals surface area contributed by atoms with Crippen LogP contribution in [-0.2, 0) is 22.8 Å². The van der Waals surface area contributed by atoms with Gasteiger partial charge in [-0.05, 0) is 42.4 Å². The van der Waals surface area contributed by atoms with Crippen LogP contribution in [0.25, 0.3) is 22.2 Å². The van der Waals surface area contributed by atoms with Crippen molar-refractivity contribution >= 4 is 24.9 Å². The smallest absolute Gasteiger partial charge is 0.248 e. The number of piperazine rings is 1. The zero-order chi connectivity index (χ0) is 28.8. The first-order chi connectivity index (χ1) is 19.8. The normalized spacial score (nSPS) is 14.5. The van der Waals surface area contributed by atoms with Crippen molar-refractivity contribution in [1.29, 1.82) is 0 Å². The molecule has 0 unspecified atom stereocenters. The molecule has 4 aromatic rings. The Morgan fingerprint density at radius 1 is 1.02 bits per heavy atom. The summed E-state index contributed by atoms with van der Waals surface area (Å²) in [5, 5.41) is 14.5. The van der Waals surface area contributed by atoms with Crippen LogP contribution in [0.15, 0.2) is 60.9 Å². The zero-order valence-electron chi connectivity index (χ0n) is 24.0. The van der Waals surface area contributed by atoms with Crippen molar-refractivity contribution in [3.05, 3.63) is 66.6 Å². The summed E-state index contributed by atoms with van der Waals surface area (Å²) in [4.78, 5) is 25.0. The number of aliphatic hydroxyl groups excluding tert-OH is 1. The molecule has 0 atom stereocenters. The second kappa shape index (κ2) is 12.9. The van der Waals surface area contributed by atoms with Crippen LogP contribution in [-0.4, -0.2) is 88.0 Å². The summed E-state index contributed by atoms with van der Waals surface area (Å²) in [6.45, 7) is 11.2. The third-order valence-electron chi connectivity index (χ3n) is 7.15. The monoisotopic (exact) mass is 574 g/mol. The molecule has 0 aliphatic carbocycles. The molecule has 1 aliphatic heterocycles. The zero-order valence-corrected chi connectivity index (χ0v) is 25.0. The van der Waals surface area contributed by atoms with E-state index in [-0.39, 0.29) is 5.91 Å². The maximum Gasteiger partial charge on any atom is 0.248 e. The van der Waals surface area contributed by atoms with Crippen molar-refractivity contribution in [1.82, 2.24) is 29.5 Å². The fourth-order valence-electron chi connectivity index (χ4n) is 4.70. The lowest BCUT2D eigenvalue weighted by Gasteiger charge is -2.34. The summed E-state index contributed by atoms with van der Waals surface area (Å²) >= 11 is 0. The van der Waals surface area contributed by atoms with Gasteiger partial charge < -0.3 is 19.5 Å². The highest BCUT2D eigenvalue weighted by atomic mass is 28.3. The van der Waals surface area contributed by atoms with Crippen LogP contribution in [0.2, 0.25) is 25.7 Å². The lowest BCUT2D eigenvalue weighted by atomic mass is 10.2. The lowest BCUT2D eigenvalue weighted by molar-refractivity contribution is -0.136. The van der Waals surface area contributed by atoms with Crippen LogP contribution in [0.5, 0.6) is 11.6 Å². The fraction of sp³-hybridized carbons (Fsp3) is 0.400. The third kappa shape index (κ3) is 7.76. The van der Waals surface area contributed by atoms with Crippen LogP contribution < -0.4 is 4.74 Å².